The average molecular weight is 263 g/mol. The van der Waals surface area contributed by atoms with Gasteiger partial charge in [0, 0.05) is 31.9 Å². The van der Waals surface area contributed by atoms with Crippen molar-refractivity contribution in [3.63, 3.8) is 0 Å². The van der Waals surface area contributed by atoms with E-state index in [4.69, 9.17) is 10.5 Å². The molecule has 102 valence electrons. The third-order valence-corrected chi connectivity index (χ3v) is 2.99. The van der Waals surface area contributed by atoms with Crippen LogP contribution in [0.2, 0.25) is 0 Å². The highest BCUT2D eigenvalue weighted by atomic mass is 19.1. The van der Waals surface area contributed by atoms with E-state index >= 15 is 0 Å². The van der Waals surface area contributed by atoms with Crippen molar-refractivity contribution in [1.29, 1.82) is 0 Å². The maximum Gasteiger partial charge on any atom is 0.165 e. The molecule has 2 aromatic rings. The zero-order chi connectivity index (χ0) is 13.8. The molecule has 0 amide bonds. The van der Waals surface area contributed by atoms with Gasteiger partial charge in [-0.15, -0.1) is 0 Å². The van der Waals surface area contributed by atoms with Crippen LogP contribution >= 0.6 is 0 Å². The fourth-order valence-electron chi connectivity index (χ4n) is 1.81. The summed E-state index contributed by atoms with van der Waals surface area (Å²) < 4.78 is 21.1. The van der Waals surface area contributed by atoms with Crippen molar-refractivity contribution in [1.82, 2.24) is 9.55 Å². The predicted octanol–water partition coefficient (Wildman–Crippen LogP) is 2.20. The summed E-state index contributed by atoms with van der Waals surface area (Å²) in [6, 6.07) is 4.63. The summed E-state index contributed by atoms with van der Waals surface area (Å²) >= 11 is 0. The second kappa shape index (κ2) is 5.84. The van der Waals surface area contributed by atoms with Crippen molar-refractivity contribution >= 4 is 0 Å². The Morgan fingerprint density at radius 1 is 1.47 bits per heavy atom. The molecular weight excluding hydrogens is 245 g/mol. The number of rotatable bonds is 5. The lowest BCUT2D eigenvalue weighted by Gasteiger charge is -2.10. The van der Waals surface area contributed by atoms with Gasteiger partial charge in [0.25, 0.3) is 0 Å². The van der Waals surface area contributed by atoms with Crippen molar-refractivity contribution < 1.29 is 9.13 Å². The van der Waals surface area contributed by atoms with E-state index in [0.717, 1.165) is 11.4 Å². The van der Waals surface area contributed by atoms with Crippen LogP contribution in [0.15, 0.2) is 30.6 Å². The quantitative estimate of drug-likeness (QED) is 0.899. The van der Waals surface area contributed by atoms with Gasteiger partial charge in [0.15, 0.2) is 11.6 Å². The normalized spacial score (nSPS) is 12.4. The zero-order valence-electron chi connectivity index (χ0n) is 11.1. The minimum absolute atomic E-state index is 0.184. The number of benzene rings is 1. The second-order valence-electron chi connectivity index (χ2n) is 4.53. The first-order valence-corrected chi connectivity index (χ1v) is 6.22. The number of nitrogens with two attached hydrogens (primary N) is 1. The SMILES string of the molecule is C[C@@H](N)c1ccc(OCCc2nccn2C)c(F)c1. The van der Waals surface area contributed by atoms with Crippen LogP contribution in [0, 0.1) is 5.82 Å². The van der Waals surface area contributed by atoms with Crippen molar-refractivity contribution in [2.75, 3.05) is 6.61 Å². The molecule has 2 N–H and O–H groups in total. The molecule has 0 fully saturated rings. The van der Waals surface area contributed by atoms with E-state index in [1.807, 2.05) is 24.7 Å². The number of imidazole rings is 1. The van der Waals surface area contributed by atoms with Crippen LogP contribution in [0.25, 0.3) is 0 Å². The summed E-state index contributed by atoms with van der Waals surface area (Å²) in [5.41, 5.74) is 6.45. The summed E-state index contributed by atoms with van der Waals surface area (Å²) in [6.45, 7) is 2.20. The molecule has 1 atom stereocenters. The maximum absolute atomic E-state index is 13.8. The maximum atomic E-state index is 13.8. The second-order valence-corrected chi connectivity index (χ2v) is 4.53. The van der Waals surface area contributed by atoms with Gasteiger partial charge in [0.05, 0.1) is 6.61 Å². The smallest absolute Gasteiger partial charge is 0.165 e. The highest BCUT2D eigenvalue weighted by Crippen LogP contribution is 2.21. The molecule has 2 rings (SSSR count). The lowest BCUT2D eigenvalue weighted by atomic mass is 10.1. The first kappa shape index (κ1) is 13.5. The highest BCUT2D eigenvalue weighted by Gasteiger charge is 2.08. The Balaban J connectivity index is 1.95. The third kappa shape index (κ3) is 3.32. The fourth-order valence-corrected chi connectivity index (χ4v) is 1.81. The first-order chi connectivity index (χ1) is 9.08. The molecule has 1 aromatic heterocycles. The van der Waals surface area contributed by atoms with Gasteiger partial charge in [0.1, 0.15) is 5.82 Å². The van der Waals surface area contributed by atoms with Crippen molar-refractivity contribution in [3.8, 4) is 5.75 Å². The van der Waals surface area contributed by atoms with Crippen molar-refractivity contribution in [3.05, 3.63) is 47.8 Å². The average Bonchev–Trinajstić information content (AvgIpc) is 2.77. The first-order valence-electron chi connectivity index (χ1n) is 6.22. The number of aromatic nitrogens is 2. The molecule has 0 radical (unpaired) electrons. The largest absolute Gasteiger partial charge is 0.490 e. The van der Waals surface area contributed by atoms with Gasteiger partial charge >= 0.3 is 0 Å². The van der Waals surface area contributed by atoms with Gasteiger partial charge in [-0.3, -0.25) is 0 Å². The summed E-state index contributed by atoms with van der Waals surface area (Å²) in [5.74, 6) is 0.779. The summed E-state index contributed by atoms with van der Waals surface area (Å²) in [7, 11) is 1.92. The van der Waals surface area contributed by atoms with Crippen LogP contribution in [-0.2, 0) is 13.5 Å². The van der Waals surface area contributed by atoms with Gasteiger partial charge in [-0.2, -0.15) is 0 Å². The van der Waals surface area contributed by atoms with E-state index < -0.39 is 0 Å². The summed E-state index contributed by atoms with van der Waals surface area (Å²) in [6.07, 6.45) is 4.23. The van der Waals surface area contributed by atoms with Crippen LogP contribution in [0.3, 0.4) is 0 Å². The number of halogens is 1. The van der Waals surface area contributed by atoms with Gasteiger partial charge < -0.3 is 15.0 Å². The number of nitrogens with zero attached hydrogens (tertiary/aromatic N) is 2. The van der Waals surface area contributed by atoms with Crippen LogP contribution in [0.5, 0.6) is 5.75 Å². The summed E-state index contributed by atoms with van der Waals surface area (Å²) in [4.78, 5) is 4.18. The highest BCUT2D eigenvalue weighted by molar-refractivity contribution is 5.30. The van der Waals surface area contributed by atoms with Crippen molar-refractivity contribution in [2.45, 2.75) is 19.4 Å². The molecular formula is C14H18FN3O. The third-order valence-electron chi connectivity index (χ3n) is 2.99. The van der Waals surface area contributed by atoms with Crippen LogP contribution in [-0.4, -0.2) is 16.2 Å². The topological polar surface area (TPSA) is 53.1 Å². The molecule has 4 nitrogen and oxygen atoms in total. The standard InChI is InChI=1S/C14H18FN3O/c1-10(16)11-3-4-13(12(15)9-11)19-8-5-14-17-6-7-18(14)2/h3-4,6-7,9-10H,5,8,16H2,1-2H3/t10-/m1/s1. The summed E-state index contributed by atoms with van der Waals surface area (Å²) in [5, 5.41) is 0. The molecule has 0 unspecified atom stereocenters. The molecule has 0 aliphatic rings. The Kier molecular flexibility index (Phi) is 4.16. The zero-order valence-corrected chi connectivity index (χ0v) is 11.1. The minimum atomic E-state index is -0.380. The van der Waals surface area contributed by atoms with E-state index in [1.165, 1.54) is 6.07 Å². The lowest BCUT2D eigenvalue weighted by Crippen LogP contribution is -2.08. The van der Waals surface area contributed by atoms with E-state index in [9.17, 15) is 4.39 Å². The minimum Gasteiger partial charge on any atom is -0.490 e. The Morgan fingerprint density at radius 2 is 2.26 bits per heavy atom. The van der Waals surface area contributed by atoms with Crippen molar-refractivity contribution in [2.24, 2.45) is 12.8 Å². The fraction of sp³-hybridized carbons (Fsp3) is 0.357. The number of aryl methyl sites for hydroxylation is 1. The number of ether oxygens (including phenoxy) is 1. The van der Waals surface area contributed by atoms with Crippen LogP contribution in [0.1, 0.15) is 24.4 Å². The molecule has 0 bridgehead atoms. The molecule has 19 heavy (non-hydrogen) atoms. The Morgan fingerprint density at radius 3 is 2.84 bits per heavy atom. The van der Waals surface area contributed by atoms with E-state index in [0.29, 0.717) is 13.0 Å². The van der Waals surface area contributed by atoms with Gasteiger partial charge in [0.2, 0.25) is 0 Å². The molecule has 5 heteroatoms. The van der Waals surface area contributed by atoms with Crippen LogP contribution < -0.4 is 10.5 Å². The van der Waals surface area contributed by atoms with Gasteiger partial charge in [-0.1, -0.05) is 6.07 Å². The molecule has 0 aliphatic carbocycles. The lowest BCUT2D eigenvalue weighted by molar-refractivity contribution is 0.301. The molecule has 0 spiro atoms. The van der Waals surface area contributed by atoms with Gasteiger partial charge in [-0.05, 0) is 24.6 Å². The predicted molar refractivity (Wildman–Crippen MR) is 71.4 cm³/mol. The molecule has 0 saturated heterocycles. The molecule has 0 saturated carbocycles. The molecule has 0 aliphatic heterocycles. The number of hydrogen-bond donors (Lipinski definition) is 1. The van der Waals surface area contributed by atoms with Crippen LogP contribution in [0.4, 0.5) is 4.39 Å². The Bertz CT molecular complexity index is 551. The Hall–Kier alpha value is -1.88. The monoisotopic (exact) mass is 263 g/mol. The molecule has 1 heterocycles. The van der Waals surface area contributed by atoms with Gasteiger partial charge in [-0.25, -0.2) is 9.37 Å². The van der Waals surface area contributed by atoms with E-state index in [-0.39, 0.29) is 17.6 Å². The Labute approximate surface area is 112 Å². The number of hydrogen-bond acceptors (Lipinski definition) is 3. The van der Waals surface area contributed by atoms with E-state index in [1.54, 1.807) is 18.3 Å². The van der Waals surface area contributed by atoms with E-state index in [2.05, 4.69) is 4.98 Å². The molecule has 1 aromatic carbocycles.